The molecule has 0 bridgehead atoms. The Balaban J connectivity index is 1.84. The minimum atomic E-state index is -0.643. The van der Waals surface area contributed by atoms with Gasteiger partial charge in [0.05, 0.1) is 27.0 Å². The van der Waals surface area contributed by atoms with Crippen molar-refractivity contribution in [3.63, 3.8) is 0 Å². The number of allylic oxidation sites excluding steroid dienone is 3. The molecule has 5 atom stereocenters. The Labute approximate surface area is 187 Å². The fourth-order valence-corrected chi connectivity index (χ4v) is 5.27. The van der Waals surface area contributed by atoms with Gasteiger partial charge in [-0.15, -0.1) is 11.3 Å². The molecule has 4 nitrogen and oxygen atoms in total. The van der Waals surface area contributed by atoms with Crippen LogP contribution >= 0.6 is 34.5 Å². The van der Waals surface area contributed by atoms with Gasteiger partial charge in [-0.05, 0) is 56.1 Å². The van der Waals surface area contributed by atoms with Gasteiger partial charge in [0.15, 0.2) is 0 Å². The molecule has 0 aliphatic heterocycles. The Morgan fingerprint density at radius 1 is 1.31 bits per heavy atom. The van der Waals surface area contributed by atoms with Crippen LogP contribution in [0.5, 0.6) is 0 Å². The Kier molecular flexibility index (Phi) is 10.2. The van der Waals surface area contributed by atoms with Crippen molar-refractivity contribution >= 4 is 34.5 Å². The van der Waals surface area contributed by atoms with Gasteiger partial charge >= 0.3 is 0 Å². The lowest BCUT2D eigenvalue weighted by molar-refractivity contribution is 0.120. The highest BCUT2D eigenvalue weighted by Gasteiger charge is 2.39. The van der Waals surface area contributed by atoms with Crippen LogP contribution in [0.25, 0.3) is 0 Å². The quantitative estimate of drug-likeness (QED) is 0.281. The van der Waals surface area contributed by atoms with Crippen LogP contribution in [0.1, 0.15) is 44.1 Å². The molecule has 0 saturated heterocycles. The molecule has 1 aliphatic rings. The normalized spacial score (nSPS) is 26.0. The molecular formula is C22H31Cl2NO3S. The first kappa shape index (κ1) is 24.4. The second kappa shape index (κ2) is 12.1. The number of unbranched alkanes of at least 4 members (excludes halogenated alkanes) is 1. The number of aryl methyl sites for hydroxylation is 1. The fourth-order valence-electron chi connectivity index (χ4n) is 3.73. The third-order valence-corrected chi connectivity index (χ3v) is 6.92. The van der Waals surface area contributed by atoms with E-state index < -0.39 is 18.3 Å². The molecule has 0 radical (unpaired) electrons. The number of rotatable bonds is 11. The Morgan fingerprint density at radius 3 is 2.72 bits per heavy atom. The second-order valence-corrected chi connectivity index (χ2v) is 10.00. The highest BCUT2D eigenvalue weighted by molar-refractivity contribution is 7.20. The molecule has 29 heavy (non-hydrogen) atoms. The highest BCUT2D eigenvalue weighted by Crippen LogP contribution is 2.36. The van der Waals surface area contributed by atoms with E-state index in [0.29, 0.717) is 40.1 Å². The van der Waals surface area contributed by atoms with Crippen molar-refractivity contribution in [2.45, 2.75) is 63.3 Å². The molecular weight excluding hydrogens is 429 g/mol. The zero-order valence-corrected chi connectivity index (χ0v) is 18.8. The van der Waals surface area contributed by atoms with Crippen molar-refractivity contribution in [2.75, 3.05) is 0 Å². The van der Waals surface area contributed by atoms with Gasteiger partial charge in [-0.2, -0.15) is 0 Å². The summed E-state index contributed by atoms with van der Waals surface area (Å²) < 4.78 is 1.30. The van der Waals surface area contributed by atoms with Crippen LogP contribution in [-0.2, 0) is 6.42 Å². The lowest BCUT2D eigenvalue weighted by Gasteiger charge is -2.19. The van der Waals surface area contributed by atoms with Gasteiger partial charge in [-0.3, -0.25) is 0 Å². The van der Waals surface area contributed by atoms with Crippen molar-refractivity contribution in [2.24, 2.45) is 17.6 Å². The fraction of sp³-hybridized carbons (Fsp3) is 0.545. The number of hydrogen-bond acceptors (Lipinski definition) is 5. The van der Waals surface area contributed by atoms with E-state index >= 15 is 0 Å². The first-order valence-corrected chi connectivity index (χ1v) is 11.6. The van der Waals surface area contributed by atoms with E-state index in [9.17, 15) is 15.3 Å². The maximum atomic E-state index is 10.3. The van der Waals surface area contributed by atoms with Crippen LogP contribution in [0.3, 0.4) is 0 Å². The van der Waals surface area contributed by atoms with Crippen LogP contribution in [-0.4, -0.2) is 33.6 Å². The minimum absolute atomic E-state index is 0.0562. The van der Waals surface area contributed by atoms with Gasteiger partial charge in [0.2, 0.25) is 0 Å². The molecule has 0 amide bonds. The van der Waals surface area contributed by atoms with E-state index in [2.05, 4.69) is 18.7 Å². The van der Waals surface area contributed by atoms with E-state index in [0.717, 1.165) is 24.8 Å². The summed E-state index contributed by atoms with van der Waals surface area (Å²) in [6, 6.07) is 1.83. The summed E-state index contributed by atoms with van der Waals surface area (Å²) in [5, 5.41) is 30.9. The number of hydrogen-bond donors (Lipinski definition) is 4. The van der Waals surface area contributed by atoms with Gasteiger partial charge in [-0.1, -0.05) is 54.1 Å². The molecule has 1 fully saturated rings. The SMILES string of the molecule is C=C(N)CCC/C=C\C[C@@H]1[C@@H](/C=C/[C@@H](O)CCc2cc(Cl)sc2Cl)[C@H](O)C[C@@H]1O. The van der Waals surface area contributed by atoms with Gasteiger partial charge in [-0.25, -0.2) is 0 Å². The molecule has 1 aliphatic carbocycles. The molecule has 1 saturated carbocycles. The summed E-state index contributed by atoms with van der Waals surface area (Å²) in [6.45, 7) is 3.69. The topological polar surface area (TPSA) is 86.7 Å². The minimum Gasteiger partial charge on any atom is -0.403 e. The van der Waals surface area contributed by atoms with Crippen LogP contribution in [0.2, 0.25) is 8.67 Å². The molecule has 1 aromatic rings. The Morgan fingerprint density at radius 2 is 2.07 bits per heavy atom. The van der Waals surface area contributed by atoms with E-state index in [1.807, 2.05) is 12.1 Å². The number of nitrogens with two attached hydrogens (primary N) is 1. The average Bonchev–Trinajstić information content (AvgIpc) is 3.11. The predicted octanol–water partition coefficient (Wildman–Crippen LogP) is 4.85. The maximum absolute atomic E-state index is 10.3. The number of halogens is 2. The third-order valence-electron chi connectivity index (χ3n) is 5.35. The molecule has 0 unspecified atom stereocenters. The highest BCUT2D eigenvalue weighted by atomic mass is 35.5. The molecule has 1 aromatic heterocycles. The number of thiophene rings is 1. The van der Waals surface area contributed by atoms with Crippen molar-refractivity contribution < 1.29 is 15.3 Å². The maximum Gasteiger partial charge on any atom is 0.0976 e. The Hall–Kier alpha value is -0.820. The molecule has 0 spiro atoms. The number of aliphatic hydroxyl groups excluding tert-OH is 3. The molecule has 5 N–H and O–H groups in total. The molecule has 2 rings (SSSR count). The zero-order chi connectivity index (χ0) is 21.4. The average molecular weight is 460 g/mol. The van der Waals surface area contributed by atoms with Gasteiger partial charge in [0, 0.05) is 18.0 Å². The summed E-state index contributed by atoms with van der Waals surface area (Å²) in [5.41, 5.74) is 7.19. The summed E-state index contributed by atoms with van der Waals surface area (Å²) in [5.74, 6) is -0.230. The molecule has 0 aromatic carbocycles. The Bertz CT molecular complexity index is 719. The van der Waals surface area contributed by atoms with Crippen LogP contribution in [0.15, 0.2) is 42.6 Å². The lowest BCUT2D eigenvalue weighted by atomic mass is 9.89. The summed E-state index contributed by atoms with van der Waals surface area (Å²) in [6.07, 6.45) is 10.8. The monoisotopic (exact) mass is 459 g/mol. The largest absolute Gasteiger partial charge is 0.403 e. The predicted molar refractivity (Wildman–Crippen MR) is 122 cm³/mol. The summed E-state index contributed by atoms with van der Waals surface area (Å²) >= 11 is 13.4. The van der Waals surface area contributed by atoms with Gasteiger partial charge < -0.3 is 21.1 Å². The van der Waals surface area contributed by atoms with E-state index in [4.69, 9.17) is 28.9 Å². The van der Waals surface area contributed by atoms with Crippen molar-refractivity contribution in [1.82, 2.24) is 0 Å². The van der Waals surface area contributed by atoms with Crippen LogP contribution in [0.4, 0.5) is 0 Å². The van der Waals surface area contributed by atoms with Crippen LogP contribution < -0.4 is 5.73 Å². The third kappa shape index (κ3) is 8.08. The zero-order valence-electron chi connectivity index (χ0n) is 16.5. The van der Waals surface area contributed by atoms with E-state index in [-0.39, 0.29) is 11.8 Å². The van der Waals surface area contributed by atoms with Crippen molar-refractivity contribution in [3.05, 3.63) is 56.9 Å². The summed E-state index contributed by atoms with van der Waals surface area (Å²) in [4.78, 5) is 0. The summed E-state index contributed by atoms with van der Waals surface area (Å²) in [7, 11) is 0. The van der Waals surface area contributed by atoms with Gasteiger partial charge in [0.25, 0.3) is 0 Å². The first-order valence-electron chi connectivity index (χ1n) is 10.0. The first-order chi connectivity index (χ1) is 13.8. The van der Waals surface area contributed by atoms with E-state index in [1.165, 1.54) is 11.3 Å². The molecule has 162 valence electrons. The number of aliphatic hydroxyl groups is 3. The van der Waals surface area contributed by atoms with E-state index in [1.54, 1.807) is 6.08 Å². The standard InChI is InChI=1S/C22H31Cl2NO3S/c1-14(25)6-4-2-3-5-7-17-18(20(28)13-19(17)27)11-10-16(26)9-8-15-12-21(23)29-22(15)24/h3,5,10-12,16-20,26-28H,1-2,4,6-9,13,25H2/b5-3-,11-10+/t16-,17+,18+,19-,20+/m0/s1. The van der Waals surface area contributed by atoms with Gasteiger partial charge in [0.1, 0.15) is 0 Å². The van der Waals surface area contributed by atoms with Crippen molar-refractivity contribution in [1.29, 1.82) is 0 Å². The smallest absolute Gasteiger partial charge is 0.0976 e. The lowest BCUT2D eigenvalue weighted by Crippen LogP contribution is -2.20. The van der Waals surface area contributed by atoms with Crippen molar-refractivity contribution in [3.8, 4) is 0 Å². The molecule has 7 heteroatoms. The molecule has 1 heterocycles. The second-order valence-electron chi connectivity index (χ2n) is 7.71. The van der Waals surface area contributed by atoms with Crippen LogP contribution in [0, 0.1) is 11.8 Å².